The molecule has 1 unspecified atom stereocenters. The molecule has 8 nitrogen and oxygen atoms in total. The van der Waals surface area contributed by atoms with Crippen LogP contribution in [0.25, 0.3) is 22.2 Å². The largest absolute Gasteiger partial charge is 0.419 e. The second-order valence-electron chi connectivity index (χ2n) is 8.22. The van der Waals surface area contributed by atoms with E-state index in [1.54, 1.807) is 7.05 Å². The monoisotopic (exact) mass is 434 g/mol. The average Bonchev–Trinajstić information content (AvgIpc) is 2.96. The molecule has 1 saturated heterocycles. The Balaban J connectivity index is 1.54. The van der Waals surface area contributed by atoms with Crippen molar-refractivity contribution < 1.29 is 13.9 Å². The lowest BCUT2D eigenvalue weighted by Crippen LogP contribution is -2.44. The number of amides is 1. The molecule has 1 amide bonds. The number of rotatable bonds is 5. The van der Waals surface area contributed by atoms with Crippen molar-refractivity contribution in [3.8, 4) is 17.2 Å². The van der Waals surface area contributed by atoms with Gasteiger partial charge in [0.2, 0.25) is 5.91 Å². The first-order chi connectivity index (χ1) is 15.4. The van der Waals surface area contributed by atoms with Gasteiger partial charge in [-0.3, -0.25) is 14.3 Å². The van der Waals surface area contributed by atoms with Gasteiger partial charge in [0, 0.05) is 33.2 Å². The molecule has 3 aromatic rings. The van der Waals surface area contributed by atoms with Crippen LogP contribution in [0, 0.1) is 18.3 Å². The first-order valence-corrected chi connectivity index (χ1v) is 10.6. The SMILES string of the molecule is Cc1cc(-c2ccc(C[C@@H](C#N)N3CCCOC(C(N)=O)C3)cc2)cc2c1oc(=O)n2C. The summed E-state index contributed by atoms with van der Waals surface area (Å²) in [5.41, 5.74) is 10.7. The molecule has 1 aliphatic rings. The Hall–Kier alpha value is -3.41. The second-order valence-corrected chi connectivity index (χ2v) is 8.22. The Bertz CT molecular complexity index is 1240. The second kappa shape index (κ2) is 8.99. The summed E-state index contributed by atoms with van der Waals surface area (Å²) < 4.78 is 12.3. The van der Waals surface area contributed by atoms with Crippen molar-refractivity contribution in [2.45, 2.75) is 31.9 Å². The van der Waals surface area contributed by atoms with E-state index in [0.29, 0.717) is 31.7 Å². The number of hydrogen-bond donors (Lipinski definition) is 1. The lowest BCUT2D eigenvalue weighted by Gasteiger charge is -2.27. The van der Waals surface area contributed by atoms with Crippen molar-refractivity contribution in [2.24, 2.45) is 12.8 Å². The standard InChI is InChI=1S/C24H26N4O4/c1-15-10-18(12-20-22(15)32-24(30)27(20)2)17-6-4-16(5-7-17)11-19(13-25)28-8-3-9-31-21(14-28)23(26)29/h4-7,10,12,19,21H,3,8-9,11,14H2,1-2H3,(H2,26,29)/t19-,21?/m0/s1. The summed E-state index contributed by atoms with van der Waals surface area (Å²) in [6.07, 6.45) is 0.600. The van der Waals surface area contributed by atoms with Crippen LogP contribution >= 0.6 is 0 Å². The molecule has 2 aromatic carbocycles. The van der Waals surface area contributed by atoms with Gasteiger partial charge < -0.3 is 14.9 Å². The molecule has 0 saturated carbocycles. The molecule has 8 heteroatoms. The number of oxazole rings is 1. The van der Waals surface area contributed by atoms with Crippen LogP contribution in [0.1, 0.15) is 17.5 Å². The van der Waals surface area contributed by atoms with E-state index in [2.05, 4.69) is 6.07 Å². The van der Waals surface area contributed by atoms with Gasteiger partial charge in [0.25, 0.3) is 0 Å². The maximum Gasteiger partial charge on any atom is 0.419 e. The molecule has 2 N–H and O–H groups in total. The summed E-state index contributed by atoms with van der Waals surface area (Å²) in [7, 11) is 1.69. The highest BCUT2D eigenvalue weighted by atomic mass is 16.5. The summed E-state index contributed by atoms with van der Waals surface area (Å²) in [6, 6.07) is 14.0. The number of nitrogens with zero attached hydrogens (tertiary/aromatic N) is 3. The van der Waals surface area contributed by atoms with Crippen LogP contribution in [-0.4, -0.2) is 47.2 Å². The number of ether oxygens (including phenoxy) is 1. The molecule has 1 aromatic heterocycles. The van der Waals surface area contributed by atoms with Gasteiger partial charge in [0.1, 0.15) is 12.1 Å². The third-order valence-corrected chi connectivity index (χ3v) is 6.01. The fourth-order valence-electron chi connectivity index (χ4n) is 4.18. The highest BCUT2D eigenvalue weighted by molar-refractivity contribution is 5.83. The highest BCUT2D eigenvalue weighted by Gasteiger charge is 2.28. The zero-order valence-corrected chi connectivity index (χ0v) is 18.2. The van der Waals surface area contributed by atoms with Gasteiger partial charge in [-0.1, -0.05) is 24.3 Å². The quantitative estimate of drug-likeness (QED) is 0.658. The minimum atomic E-state index is -0.687. The number of carbonyl (C=O) groups is 1. The van der Waals surface area contributed by atoms with Crippen LogP contribution < -0.4 is 11.5 Å². The van der Waals surface area contributed by atoms with Crippen LogP contribution in [0.3, 0.4) is 0 Å². The minimum absolute atomic E-state index is 0.328. The Morgan fingerprint density at radius 1 is 1.28 bits per heavy atom. The number of nitriles is 1. The van der Waals surface area contributed by atoms with E-state index in [1.165, 1.54) is 4.57 Å². The molecule has 0 aliphatic carbocycles. The summed E-state index contributed by atoms with van der Waals surface area (Å²) in [5, 5.41) is 9.76. The fraction of sp³-hybridized carbons (Fsp3) is 0.375. The smallest absolute Gasteiger partial charge is 0.407 e. The molecule has 2 atom stereocenters. The van der Waals surface area contributed by atoms with Gasteiger partial charge in [0.15, 0.2) is 5.58 Å². The van der Waals surface area contributed by atoms with Gasteiger partial charge in [-0.25, -0.2) is 4.79 Å². The molecule has 32 heavy (non-hydrogen) atoms. The first kappa shape index (κ1) is 21.8. The van der Waals surface area contributed by atoms with Gasteiger partial charge in [0.05, 0.1) is 11.6 Å². The molecule has 0 radical (unpaired) electrons. The number of benzene rings is 2. The van der Waals surface area contributed by atoms with Gasteiger partial charge >= 0.3 is 5.76 Å². The van der Waals surface area contributed by atoms with Crippen molar-refractivity contribution >= 4 is 17.0 Å². The number of aromatic nitrogens is 1. The van der Waals surface area contributed by atoms with E-state index < -0.39 is 12.0 Å². The molecule has 0 bridgehead atoms. The molecule has 166 valence electrons. The predicted molar refractivity (Wildman–Crippen MR) is 120 cm³/mol. The van der Waals surface area contributed by atoms with Gasteiger partial charge in [-0.2, -0.15) is 5.26 Å². The zero-order valence-electron chi connectivity index (χ0n) is 18.2. The van der Waals surface area contributed by atoms with E-state index in [4.69, 9.17) is 14.9 Å². The number of nitrogens with two attached hydrogens (primary N) is 1. The molecule has 1 aliphatic heterocycles. The Kier molecular flexibility index (Phi) is 6.12. The Labute approximate surface area is 185 Å². The Morgan fingerprint density at radius 3 is 2.72 bits per heavy atom. The topological polar surface area (TPSA) is 114 Å². The minimum Gasteiger partial charge on any atom is -0.407 e. The number of hydrogen-bond acceptors (Lipinski definition) is 6. The van der Waals surface area contributed by atoms with Crippen molar-refractivity contribution in [2.75, 3.05) is 19.7 Å². The highest BCUT2D eigenvalue weighted by Crippen LogP contribution is 2.27. The Morgan fingerprint density at radius 2 is 2.03 bits per heavy atom. The lowest BCUT2D eigenvalue weighted by molar-refractivity contribution is -0.129. The van der Waals surface area contributed by atoms with Crippen molar-refractivity contribution in [1.82, 2.24) is 9.47 Å². The molecular weight excluding hydrogens is 408 g/mol. The maximum atomic E-state index is 11.9. The molecule has 0 spiro atoms. The normalized spacial score (nSPS) is 18.2. The third kappa shape index (κ3) is 4.31. The van der Waals surface area contributed by atoms with Crippen LogP contribution in [0.15, 0.2) is 45.6 Å². The zero-order chi connectivity index (χ0) is 22.8. The van der Waals surface area contributed by atoms with E-state index in [1.807, 2.05) is 48.2 Å². The number of primary amides is 1. The number of carbonyl (C=O) groups excluding carboxylic acids is 1. The summed E-state index contributed by atoms with van der Waals surface area (Å²) in [5.74, 6) is -0.879. The van der Waals surface area contributed by atoms with Crippen LogP contribution in [0.4, 0.5) is 0 Å². The van der Waals surface area contributed by atoms with E-state index in [9.17, 15) is 14.9 Å². The summed E-state index contributed by atoms with van der Waals surface area (Å²) in [4.78, 5) is 25.4. The van der Waals surface area contributed by atoms with Crippen LogP contribution in [0.5, 0.6) is 0 Å². The van der Waals surface area contributed by atoms with Gasteiger partial charge in [-0.05, 0) is 47.7 Å². The van der Waals surface area contributed by atoms with Crippen LogP contribution in [-0.2, 0) is 23.0 Å². The summed E-state index contributed by atoms with van der Waals surface area (Å²) >= 11 is 0. The predicted octanol–water partition coefficient (Wildman–Crippen LogP) is 2.12. The van der Waals surface area contributed by atoms with Crippen LogP contribution in [0.2, 0.25) is 0 Å². The molecule has 1 fully saturated rings. The maximum absolute atomic E-state index is 11.9. The molecular formula is C24H26N4O4. The molecule has 2 heterocycles. The first-order valence-electron chi connectivity index (χ1n) is 10.6. The van der Waals surface area contributed by atoms with Crippen molar-refractivity contribution in [1.29, 1.82) is 5.26 Å². The average molecular weight is 434 g/mol. The van der Waals surface area contributed by atoms with Crippen molar-refractivity contribution in [3.63, 3.8) is 0 Å². The van der Waals surface area contributed by atoms with E-state index >= 15 is 0 Å². The van der Waals surface area contributed by atoms with E-state index in [-0.39, 0.29) is 11.8 Å². The third-order valence-electron chi connectivity index (χ3n) is 6.01. The summed E-state index contributed by atoms with van der Waals surface area (Å²) in [6.45, 7) is 3.39. The number of fused-ring (bicyclic) bond motifs is 1. The number of aryl methyl sites for hydroxylation is 2. The fourth-order valence-corrected chi connectivity index (χ4v) is 4.18. The van der Waals surface area contributed by atoms with Crippen molar-refractivity contribution in [3.05, 3.63) is 58.1 Å². The van der Waals surface area contributed by atoms with E-state index in [0.717, 1.165) is 34.2 Å². The lowest BCUT2D eigenvalue weighted by atomic mass is 9.98. The van der Waals surface area contributed by atoms with Gasteiger partial charge in [-0.15, -0.1) is 0 Å². The molecule has 4 rings (SSSR count).